The number of hydrogen-bond acceptors (Lipinski definition) is 4. The highest BCUT2D eigenvalue weighted by atomic mass is 16.5. The number of nitrogens with zero attached hydrogens (tertiary/aromatic N) is 3. The molecule has 0 saturated carbocycles. The highest BCUT2D eigenvalue weighted by Gasteiger charge is 2.26. The van der Waals surface area contributed by atoms with Crippen molar-refractivity contribution in [2.24, 2.45) is 7.05 Å². The summed E-state index contributed by atoms with van der Waals surface area (Å²) in [7, 11) is 1.94. The smallest absolute Gasteiger partial charge is 0.273 e. The lowest BCUT2D eigenvalue weighted by molar-refractivity contribution is 0.0923. The molecule has 2 aromatic rings. The molecule has 112 valence electrons. The maximum Gasteiger partial charge on any atom is 0.273 e. The van der Waals surface area contributed by atoms with Crippen LogP contribution >= 0.6 is 0 Å². The van der Waals surface area contributed by atoms with Gasteiger partial charge in [-0.05, 0) is 19.3 Å². The first-order chi connectivity index (χ1) is 10.1. The second-order valence-corrected chi connectivity index (χ2v) is 5.86. The number of hydrogen-bond donors (Lipinski definition) is 1. The maximum absolute atomic E-state index is 12.3. The Morgan fingerprint density at radius 2 is 2.33 bits per heavy atom. The number of nitrogens with one attached hydrogen (secondary N) is 1. The molecule has 0 radical (unpaired) electrons. The van der Waals surface area contributed by atoms with E-state index in [9.17, 15) is 4.79 Å². The summed E-state index contributed by atoms with van der Waals surface area (Å²) in [5, 5.41) is 11.2. The van der Waals surface area contributed by atoms with Gasteiger partial charge < -0.3 is 9.84 Å². The molecule has 3 rings (SSSR count). The molecular weight excluding hydrogens is 268 g/mol. The van der Waals surface area contributed by atoms with E-state index in [2.05, 4.69) is 15.6 Å². The summed E-state index contributed by atoms with van der Waals surface area (Å²) in [5.41, 5.74) is 2.66. The van der Waals surface area contributed by atoms with Gasteiger partial charge in [-0.3, -0.25) is 9.48 Å². The number of aromatic nitrogens is 3. The summed E-state index contributed by atoms with van der Waals surface area (Å²) < 4.78 is 7.07. The number of carbonyl (C=O) groups excluding carboxylic acids is 1. The van der Waals surface area contributed by atoms with Gasteiger partial charge in [-0.1, -0.05) is 19.0 Å². The minimum atomic E-state index is -0.188. The van der Waals surface area contributed by atoms with E-state index in [0.717, 1.165) is 30.6 Å². The van der Waals surface area contributed by atoms with Crippen molar-refractivity contribution in [3.8, 4) is 0 Å². The zero-order chi connectivity index (χ0) is 15.0. The van der Waals surface area contributed by atoms with E-state index in [1.165, 1.54) is 5.69 Å². The van der Waals surface area contributed by atoms with Crippen molar-refractivity contribution in [1.82, 2.24) is 20.3 Å². The Labute approximate surface area is 123 Å². The molecular formula is C15H20N4O2. The zero-order valence-electron chi connectivity index (χ0n) is 12.6. The fraction of sp³-hybridized carbons (Fsp3) is 0.533. The van der Waals surface area contributed by atoms with Crippen LogP contribution in [-0.2, 0) is 13.5 Å². The SMILES string of the molecule is CC(C)c1cc(C(=O)N[C@@H]2CCCc3c2cnn3C)no1. The van der Waals surface area contributed by atoms with E-state index >= 15 is 0 Å². The van der Waals surface area contributed by atoms with Crippen molar-refractivity contribution in [2.75, 3.05) is 0 Å². The molecule has 2 aromatic heterocycles. The predicted octanol–water partition coefficient (Wildman–Crippen LogP) is 2.34. The first-order valence-electron chi connectivity index (χ1n) is 7.34. The average molecular weight is 288 g/mol. The molecule has 1 aliphatic carbocycles. The zero-order valence-corrected chi connectivity index (χ0v) is 12.6. The summed E-state index contributed by atoms with van der Waals surface area (Å²) in [4.78, 5) is 12.3. The summed E-state index contributed by atoms with van der Waals surface area (Å²) >= 11 is 0. The van der Waals surface area contributed by atoms with Crippen LogP contribution < -0.4 is 5.32 Å². The lowest BCUT2D eigenvalue weighted by Gasteiger charge is -2.23. The van der Waals surface area contributed by atoms with Crippen LogP contribution in [0.2, 0.25) is 0 Å². The molecule has 1 amide bonds. The van der Waals surface area contributed by atoms with Crippen LogP contribution in [-0.4, -0.2) is 20.8 Å². The van der Waals surface area contributed by atoms with E-state index in [4.69, 9.17) is 4.52 Å². The van der Waals surface area contributed by atoms with Crippen molar-refractivity contribution >= 4 is 5.91 Å². The minimum Gasteiger partial charge on any atom is -0.360 e. The van der Waals surface area contributed by atoms with Crippen LogP contribution in [0.4, 0.5) is 0 Å². The molecule has 0 fully saturated rings. The van der Waals surface area contributed by atoms with Gasteiger partial charge in [-0.25, -0.2) is 0 Å². The Kier molecular flexibility index (Phi) is 3.53. The Morgan fingerprint density at radius 3 is 3.05 bits per heavy atom. The Morgan fingerprint density at radius 1 is 1.52 bits per heavy atom. The third-order valence-electron chi connectivity index (χ3n) is 4.01. The molecule has 6 nitrogen and oxygen atoms in total. The summed E-state index contributed by atoms with van der Waals surface area (Å²) in [6.45, 7) is 4.01. The van der Waals surface area contributed by atoms with Gasteiger partial charge in [0, 0.05) is 30.3 Å². The molecule has 1 N–H and O–H groups in total. The summed E-state index contributed by atoms with van der Waals surface area (Å²) in [5.74, 6) is 0.761. The van der Waals surface area contributed by atoms with Gasteiger partial charge >= 0.3 is 0 Å². The third kappa shape index (κ3) is 2.57. The van der Waals surface area contributed by atoms with Crippen LogP contribution in [0.15, 0.2) is 16.8 Å². The maximum atomic E-state index is 12.3. The Hall–Kier alpha value is -2.11. The molecule has 0 aliphatic heterocycles. The minimum absolute atomic E-state index is 0.00847. The van der Waals surface area contributed by atoms with Gasteiger partial charge in [-0.2, -0.15) is 5.10 Å². The van der Waals surface area contributed by atoms with E-state index < -0.39 is 0 Å². The molecule has 0 spiro atoms. The van der Waals surface area contributed by atoms with E-state index in [1.54, 1.807) is 6.07 Å². The predicted molar refractivity (Wildman–Crippen MR) is 76.9 cm³/mol. The second kappa shape index (κ2) is 5.35. The van der Waals surface area contributed by atoms with Crippen molar-refractivity contribution in [2.45, 2.75) is 45.1 Å². The highest BCUT2D eigenvalue weighted by molar-refractivity contribution is 5.92. The average Bonchev–Trinajstić information content (AvgIpc) is 3.07. The fourth-order valence-electron chi connectivity index (χ4n) is 2.76. The standard InChI is InChI=1S/C15H20N4O2/c1-9(2)14-7-12(18-21-14)15(20)17-11-5-4-6-13-10(11)8-16-19(13)3/h7-9,11H,4-6H2,1-3H3,(H,17,20)/t11-/m1/s1. The monoisotopic (exact) mass is 288 g/mol. The first kappa shape index (κ1) is 13.9. The van der Waals surface area contributed by atoms with E-state index in [0.29, 0.717) is 5.69 Å². The summed E-state index contributed by atoms with van der Waals surface area (Å²) in [6, 6.07) is 1.72. The Balaban J connectivity index is 1.76. The fourth-order valence-corrected chi connectivity index (χ4v) is 2.76. The van der Waals surface area contributed by atoms with Crippen LogP contribution in [0.3, 0.4) is 0 Å². The molecule has 2 heterocycles. The lowest BCUT2D eigenvalue weighted by Crippen LogP contribution is -2.31. The number of rotatable bonds is 3. The van der Waals surface area contributed by atoms with Gasteiger partial charge in [-0.15, -0.1) is 0 Å². The van der Waals surface area contributed by atoms with Crippen LogP contribution in [0.5, 0.6) is 0 Å². The number of fused-ring (bicyclic) bond motifs is 1. The molecule has 0 aromatic carbocycles. The largest absolute Gasteiger partial charge is 0.360 e. The highest BCUT2D eigenvalue weighted by Crippen LogP contribution is 2.29. The molecule has 0 bridgehead atoms. The van der Waals surface area contributed by atoms with Crippen molar-refractivity contribution in [3.05, 3.63) is 35.0 Å². The van der Waals surface area contributed by atoms with Gasteiger partial charge in [0.05, 0.1) is 12.2 Å². The number of carbonyl (C=O) groups is 1. The second-order valence-electron chi connectivity index (χ2n) is 5.86. The molecule has 0 unspecified atom stereocenters. The normalized spacial score (nSPS) is 17.8. The van der Waals surface area contributed by atoms with Gasteiger partial charge in [0.1, 0.15) is 5.76 Å². The Bertz CT molecular complexity index is 656. The van der Waals surface area contributed by atoms with Crippen LogP contribution in [0, 0.1) is 0 Å². The number of aryl methyl sites for hydroxylation is 1. The summed E-state index contributed by atoms with van der Waals surface area (Å²) in [6.07, 6.45) is 4.84. The molecule has 0 saturated heterocycles. The van der Waals surface area contributed by atoms with Crippen molar-refractivity contribution in [3.63, 3.8) is 0 Å². The lowest BCUT2D eigenvalue weighted by atomic mass is 9.93. The molecule has 1 atom stereocenters. The van der Waals surface area contributed by atoms with Gasteiger partial charge in [0.15, 0.2) is 5.69 Å². The molecule has 1 aliphatic rings. The van der Waals surface area contributed by atoms with E-state index in [-0.39, 0.29) is 17.9 Å². The van der Waals surface area contributed by atoms with Crippen molar-refractivity contribution in [1.29, 1.82) is 0 Å². The number of amides is 1. The third-order valence-corrected chi connectivity index (χ3v) is 4.01. The molecule has 6 heteroatoms. The quantitative estimate of drug-likeness (QED) is 0.940. The van der Waals surface area contributed by atoms with Crippen LogP contribution in [0.1, 0.15) is 66.2 Å². The van der Waals surface area contributed by atoms with Gasteiger partial charge in [0.2, 0.25) is 0 Å². The molecule has 21 heavy (non-hydrogen) atoms. The van der Waals surface area contributed by atoms with Gasteiger partial charge in [0.25, 0.3) is 5.91 Å². The first-order valence-corrected chi connectivity index (χ1v) is 7.34. The van der Waals surface area contributed by atoms with E-state index in [1.807, 2.05) is 31.8 Å². The van der Waals surface area contributed by atoms with Crippen molar-refractivity contribution < 1.29 is 9.32 Å². The topological polar surface area (TPSA) is 73.0 Å². The van der Waals surface area contributed by atoms with Crippen LogP contribution in [0.25, 0.3) is 0 Å².